The van der Waals surface area contributed by atoms with Gasteiger partial charge < -0.3 is 0 Å². The summed E-state index contributed by atoms with van der Waals surface area (Å²) < 4.78 is 2.39. The summed E-state index contributed by atoms with van der Waals surface area (Å²) in [6, 6.07) is 0. The third-order valence-electron chi connectivity index (χ3n) is 2.08. The van der Waals surface area contributed by atoms with E-state index in [4.69, 9.17) is 11.6 Å². The molecule has 0 aliphatic heterocycles. The van der Waals surface area contributed by atoms with Gasteiger partial charge in [-0.2, -0.15) is 4.52 Å². The molecule has 15 heavy (non-hydrogen) atoms. The molecule has 0 saturated heterocycles. The molecule has 0 amide bonds. The van der Waals surface area contributed by atoms with Crippen molar-refractivity contribution in [1.29, 1.82) is 0 Å². The molecule has 0 aliphatic carbocycles. The van der Waals surface area contributed by atoms with Crippen LogP contribution in [-0.4, -0.2) is 19.6 Å². The minimum Gasteiger partial charge on any atom is -0.220 e. The third kappa shape index (κ3) is 1.74. The van der Waals surface area contributed by atoms with Gasteiger partial charge in [-0.3, -0.25) is 0 Å². The maximum absolute atomic E-state index is 5.94. The van der Waals surface area contributed by atoms with Crippen LogP contribution in [0.1, 0.15) is 31.4 Å². The molecule has 80 valence electrons. The monoisotopic (exact) mass is 288 g/mol. The summed E-state index contributed by atoms with van der Waals surface area (Å²) in [6.45, 7) is 5.95. The average molecular weight is 290 g/mol. The van der Waals surface area contributed by atoms with Crippen molar-refractivity contribution in [1.82, 2.24) is 19.6 Å². The van der Waals surface area contributed by atoms with E-state index < -0.39 is 0 Å². The highest BCUT2D eigenvalue weighted by atomic mass is 79.9. The highest BCUT2D eigenvalue weighted by molar-refractivity contribution is 9.10. The zero-order chi connectivity index (χ0) is 11.2. The molecule has 4 nitrogen and oxygen atoms in total. The summed E-state index contributed by atoms with van der Waals surface area (Å²) >= 11 is 9.30. The van der Waals surface area contributed by atoms with Gasteiger partial charge in [0, 0.05) is 5.92 Å². The van der Waals surface area contributed by atoms with Gasteiger partial charge in [-0.15, -0.1) is 5.10 Å². The fourth-order valence-electron chi connectivity index (χ4n) is 1.27. The molecule has 0 radical (unpaired) electrons. The number of fused-ring (bicyclic) bond motifs is 1. The van der Waals surface area contributed by atoms with Gasteiger partial charge in [0.1, 0.15) is 11.0 Å². The first kappa shape index (κ1) is 10.8. The van der Waals surface area contributed by atoms with E-state index in [0.717, 1.165) is 17.3 Å². The number of rotatable bonds is 1. The molecular formula is C9H10BrClN4. The first-order chi connectivity index (χ1) is 7.00. The van der Waals surface area contributed by atoms with Crippen molar-refractivity contribution in [2.75, 3.05) is 0 Å². The second-order valence-corrected chi connectivity index (χ2v) is 4.77. The minimum atomic E-state index is 0.287. The molecule has 2 aromatic rings. The van der Waals surface area contributed by atoms with E-state index in [1.165, 1.54) is 0 Å². The van der Waals surface area contributed by atoms with Gasteiger partial charge in [0.05, 0.1) is 4.47 Å². The Balaban J connectivity index is 2.80. The molecule has 6 heteroatoms. The van der Waals surface area contributed by atoms with Gasteiger partial charge in [0.25, 0.3) is 0 Å². The predicted molar refractivity (Wildman–Crippen MR) is 62.3 cm³/mol. The van der Waals surface area contributed by atoms with E-state index in [-0.39, 0.29) is 5.92 Å². The average Bonchev–Trinajstić information content (AvgIpc) is 2.59. The number of hydrogen-bond acceptors (Lipinski definition) is 3. The molecule has 0 N–H and O–H groups in total. The zero-order valence-electron chi connectivity index (χ0n) is 8.62. The second kappa shape index (κ2) is 3.72. The lowest BCUT2D eigenvalue weighted by atomic mass is 10.2. The SMILES string of the molecule is Cc1nc(Cl)c(Br)c2nc(C(C)C)nn12. The summed E-state index contributed by atoms with van der Waals surface area (Å²) in [6.07, 6.45) is 0. The highest BCUT2D eigenvalue weighted by Gasteiger charge is 2.14. The fraction of sp³-hybridized carbons (Fsp3) is 0.444. The van der Waals surface area contributed by atoms with Crippen molar-refractivity contribution in [3.05, 3.63) is 21.3 Å². The third-order valence-corrected chi connectivity index (χ3v) is 3.32. The standard InChI is InChI=1S/C9H10BrClN4/c1-4(2)8-13-9-6(10)7(11)12-5(3)15(9)14-8/h4H,1-3H3. The van der Waals surface area contributed by atoms with Gasteiger partial charge in [0.15, 0.2) is 11.5 Å². The largest absolute Gasteiger partial charge is 0.220 e. The molecule has 0 aliphatic rings. The number of nitrogens with zero attached hydrogens (tertiary/aromatic N) is 4. The van der Waals surface area contributed by atoms with Crippen LogP contribution in [0.3, 0.4) is 0 Å². The number of aryl methyl sites for hydroxylation is 1. The normalized spacial score (nSPS) is 11.6. The molecule has 2 aromatic heterocycles. The van der Waals surface area contributed by atoms with E-state index in [9.17, 15) is 0 Å². The summed E-state index contributed by atoms with van der Waals surface area (Å²) in [5.41, 5.74) is 0.719. The van der Waals surface area contributed by atoms with E-state index in [1.54, 1.807) is 4.52 Å². The van der Waals surface area contributed by atoms with Crippen LogP contribution < -0.4 is 0 Å². The minimum absolute atomic E-state index is 0.287. The summed E-state index contributed by atoms with van der Waals surface area (Å²) in [5, 5.41) is 4.79. The van der Waals surface area contributed by atoms with Gasteiger partial charge in [-0.1, -0.05) is 25.4 Å². The quantitative estimate of drug-likeness (QED) is 0.758. The lowest BCUT2D eigenvalue weighted by Crippen LogP contribution is -1.99. The van der Waals surface area contributed by atoms with E-state index in [0.29, 0.717) is 9.63 Å². The van der Waals surface area contributed by atoms with Crippen LogP contribution in [0.25, 0.3) is 5.65 Å². The van der Waals surface area contributed by atoms with E-state index >= 15 is 0 Å². The molecule has 0 saturated carbocycles. The second-order valence-electron chi connectivity index (χ2n) is 3.62. The Hall–Kier alpha value is -0.680. The lowest BCUT2D eigenvalue weighted by molar-refractivity contribution is 0.751. The van der Waals surface area contributed by atoms with Crippen molar-refractivity contribution in [2.24, 2.45) is 0 Å². The summed E-state index contributed by atoms with van der Waals surface area (Å²) in [4.78, 5) is 8.57. The van der Waals surface area contributed by atoms with Crippen LogP contribution in [0.2, 0.25) is 5.15 Å². The van der Waals surface area contributed by atoms with Gasteiger partial charge in [0.2, 0.25) is 0 Å². The van der Waals surface area contributed by atoms with Crippen LogP contribution in [0.4, 0.5) is 0 Å². The van der Waals surface area contributed by atoms with Crippen molar-refractivity contribution >= 4 is 33.2 Å². The topological polar surface area (TPSA) is 43.1 Å². The van der Waals surface area contributed by atoms with Gasteiger partial charge >= 0.3 is 0 Å². The molecular weight excluding hydrogens is 279 g/mol. The maximum atomic E-state index is 5.94. The smallest absolute Gasteiger partial charge is 0.175 e. The van der Waals surface area contributed by atoms with Crippen LogP contribution >= 0.6 is 27.5 Å². The number of hydrogen-bond donors (Lipinski definition) is 0. The van der Waals surface area contributed by atoms with Crippen molar-refractivity contribution in [3.8, 4) is 0 Å². The molecule has 0 spiro atoms. The Morgan fingerprint density at radius 3 is 2.60 bits per heavy atom. The first-order valence-electron chi connectivity index (χ1n) is 4.59. The van der Waals surface area contributed by atoms with E-state index in [1.807, 2.05) is 20.8 Å². The van der Waals surface area contributed by atoms with E-state index in [2.05, 4.69) is 31.0 Å². The molecule has 0 fully saturated rings. The van der Waals surface area contributed by atoms with Crippen LogP contribution in [0.15, 0.2) is 4.47 Å². The lowest BCUT2D eigenvalue weighted by Gasteiger charge is -2.00. The summed E-state index contributed by atoms with van der Waals surface area (Å²) in [7, 11) is 0. The molecule has 0 bridgehead atoms. The molecule has 0 unspecified atom stereocenters. The number of aromatic nitrogens is 4. The first-order valence-corrected chi connectivity index (χ1v) is 5.76. The Kier molecular flexibility index (Phi) is 2.68. The van der Waals surface area contributed by atoms with Gasteiger partial charge in [-0.05, 0) is 22.9 Å². The fourth-order valence-corrected chi connectivity index (χ4v) is 1.82. The molecule has 0 atom stereocenters. The van der Waals surface area contributed by atoms with Gasteiger partial charge in [-0.25, -0.2) is 9.97 Å². The Morgan fingerprint density at radius 1 is 1.33 bits per heavy atom. The maximum Gasteiger partial charge on any atom is 0.175 e. The van der Waals surface area contributed by atoms with Crippen molar-refractivity contribution < 1.29 is 0 Å². The number of halogens is 2. The Bertz CT molecular complexity index is 520. The summed E-state index contributed by atoms with van der Waals surface area (Å²) in [5.74, 6) is 1.82. The van der Waals surface area contributed by atoms with Crippen LogP contribution in [0, 0.1) is 6.92 Å². The highest BCUT2D eigenvalue weighted by Crippen LogP contribution is 2.25. The molecule has 2 rings (SSSR count). The molecule has 0 aromatic carbocycles. The molecule has 2 heterocycles. The van der Waals surface area contributed by atoms with Crippen molar-refractivity contribution in [2.45, 2.75) is 26.7 Å². The Morgan fingerprint density at radius 2 is 2.00 bits per heavy atom. The van der Waals surface area contributed by atoms with Crippen LogP contribution in [-0.2, 0) is 0 Å². The van der Waals surface area contributed by atoms with Crippen molar-refractivity contribution in [3.63, 3.8) is 0 Å². The Labute approximate surface area is 101 Å². The predicted octanol–water partition coefficient (Wildman–Crippen LogP) is 2.97. The zero-order valence-corrected chi connectivity index (χ0v) is 11.0. The van der Waals surface area contributed by atoms with Crippen LogP contribution in [0.5, 0.6) is 0 Å².